The summed E-state index contributed by atoms with van der Waals surface area (Å²) in [5, 5.41) is 2.18. The van der Waals surface area contributed by atoms with Crippen molar-refractivity contribution in [2.45, 2.75) is 32.2 Å². The molecule has 1 aromatic heterocycles. The SMILES string of the molecule is CN(CCC1CCCC1=O)Cc1csc(Br)c1. The number of halogens is 1. The van der Waals surface area contributed by atoms with Gasteiger partial charge in [0, 0.05) is 18.9 Å². The Hall–Kier alpha value is -0.190. The molecule has 2 nitrogen and oxygen atoms in total. The third-order valence-electron chi connectivity index (χ3n) is 3.36. The second-order valence-electron chi connectivity index (χ2n) is 4.84. The predicted molar refractivity (Wildman–Crippen MR) is 75.3 cm³/mol. The van der Waals surface area contributed by atoms with E-state index in [2.05, 4.69) is 39.3 Å². The van der Waals surface area contributed by atoms with Crippen molar-refractivity contribution in [3.8, 4) is 0 Å². The fourth-order valence-electron chi connectivity index (χ4n) is 2.39. The summed E-state index contributed by atoms with van der Waals surface area (Å²) < 4.78 is 1.19. The minimum Gasteiger partial charge on any atom is -0.302 e. The number of carbonyl (C=O) groups excluding carboxylic acids is 1. The summed E-state index contributed by atoms with van der Waals surface area (Å²) in [5.41, 5.74) is 1.35. The monoisotopic (exact) mass is 315 g/mol. The van der Waals surface area contributed by atoms with Crippen molar-refractivity contribution in [3.63, 3.8) is 0 Å². The maximum absolute atomic E-state index is 11.5. The fraction of sp³-hybridized carbons (Fsp3) is 0.615. The van der Waals surface area contributed by atoms with Crippen LogP contribution < -0.4 is 0 Å². The summed E-state index contributed by atoms with van der Waals surface area (Å²) in [6.45, 7) is 1.99. The van der Waals surface area contributed by atoms with Crippen LogP contribution in [-0.2, 0) is 11.3 Å². The molecule has 1 aliphatic carbocycles. The molecule has 1 fully saturated rings. The lowest BCUT2D eigenvalue weighted by Crippen LogP contribution is -2.22. The molecule has 2 rings (SSSR count). The van der Waals surface area contributed by atoms with Gasteiger partial charge in [0.1, 0.15) is 5.78 Å². The number of thiophene rings is 1. The maximum atomic E-state index is 11.5. The maximum Gasteiger partial charge on any atom is 0.136 e. The average Bonchev–Trinajstić information content (AvgIpc) is 2.85. The number of ketones is 1. The van der Waals surface area contributed by atoms with E-state index in [0.29, 0.717) is 11.7 Å². The molecule has 1 unspecified atom stereocenters. The van der Waals surface area contributed by atoms with Crippen molar-refractivity contribution in [2.75, 3.05) is 13.6 Å². The van der Waals surface area contributed by atoms with Gasteiger partial charge in [0.25, 0.3) is 0 Å². The van der Waals surface area contributed by atoms with E-state index in [1.54, 1.807) is 11.3 Å². The Labute approximate surface area is 115 Å². The number of nitrogens with zero attached hydrogens (tertiary/aromatic N) is 1. The highest BCUT2D eigenvalue weighted by atomic mass is 79.9. The second-order valence-corrected chi connectivity index (χ2v) is 7.13. The van der Waals surface area contributed by atoms with Gasteiger partial charge in [-0.25, -0.2) is 0 Å². The Kier molecular flexibility index (Phi) is 4.77. The van der Waals surface area contributed by atoms with Gasteiger partial charge >= 0.3 is 0 Å². The topological polar surface area (TPSA) is 20.3 Å². The number of Topliss-reactive ketones (excluding diaryl/α,β-unsaturated/α-hetero) is 1. The van der Waals surface area contributed by atoms with Crippen molar-refractivity contribution in [3.05, 3.63) is 20.8 Å². The van der Waals surface area contributed by atoms with Crippen LogP contribution in [-0.4, -0.2) is 24.3 Å². The van der Waals surface area contributed by atoms with E-state index in [4.69, 9.17) is 0 Å². The van der Waals surface area contributed by atoms with Gasteiger partial charge in [0.2, 0.25) is 0 Å². The predicted octanol–water partition coefficient (Wildman–Crippen LogP) is 3.70. The Bertz CT molecular complexity index is 391. The average molecular weight is 316 g/mol. The van der Waals surface area contributed by atoms with Crippen LogP contribution in [0.2, 0.25) is 0 Å². The fourth-order valence-corrected chi connectivity index (χ4v) is 3.59. The van der Waals surface area contributed by atoms with Crippen molar-refractivity contribution in [2.24, 2.45) is 5.92 Å². The van der Waals surface area contributed by atoms with Gasteiger partial charge in [-0.2, -0.15) is 0 Å². The van der Waals surface area contributed by atoms with Gasteiger partial charge in [-0.3, -0.25) is 4.79 Å². The van der Waals surface area contributed by atoms with Crippen LogP contribution in [0.1, 0.15) is 31.2 Å². The van der Waals surface area contributed by atoms with Crippen LogP contribution in [0.3, 0.4) is 0 Å². The summed E-state index contributed by atoms with van der Waals surface area (Å²) in [4.78, 5) is 13.8. The number of hydrogen-bond acceptors (Lipinski definition) is 3. The highest BCUT2D eigenvalue weighted by Gasteiger charge is 2.24. The van der Waals surface area contributed by atoms with E-state index in [0.717, 1.165) is 38.8 Å². The highest BCUT2D eigenvalue weighted by molar-refractivity contribution is 9.11. The van der Waals surface area contributed by atoms with E-state index >= 15 is 0 Å². The molecule has 0 spiro atoms. The Morgan fingerprint density at radius 1 is 1.59 bits per heavy atom. The van der Waals surface area contributed by atoms with Crippen molar-refractivity contribution in [1.82, 2.24) is 4.90 Å². The Morgan fingerprint density at radius 3 is 3.00 bits per heavy atom. The summed E-state index contributed by atoms with van der Waals surface area (Å²) in [6, 6.07) is 2.17. The zero-order valence-electron chi connectivity index (χ0n) is 10.1. The zero-order valence-corrected chi connectivity index (χ0v) is 12.5. The van der Waals surface area contributed by atoms with Crippen molar-refractivity contribution >= 4 is 33.0 Å². The molecule has 1 saturated carbocycles. The molecule has 17 heavy (non-hydrogen) atoms. The first kappa shape index (κ1) is 13.2. The van der Waals surface area contributed by atoms with Gasteiger partial charge in [0.15, 0.2) is 0 Å². The van der Waals surface area contributed by atoms with E-state index in [-0.39, 0.29) is 0 Å². The van der Waals surface area contributed by atoms with Crippen LogP contribution in [0.25, 0.3) is 0 Å². The van der Waals surface area contributed by atoms with Crippen molar-refractivity contribution < 1.29 is 4.79 Å². The number of rotatable bonds is 5. The minimum absolute atomic E-state index is 0.340. The summed E-state index contributed by atoms with van der Waals surface area (Å²) in [6.07, 6.45) is 4.05. The first-order valence-electron chi connectivity index (χ1n) is 6.09. The van der Waals surface area contributed by atoms with Crippen LogP contribution >= 0.6 is 27.3 Å². The third-order valence-corrected chi connectivity index (χ3v) is 4.92. The standard InChI is InChI=1S/C13H18BrNOS/c1-15(8-10-7-13(14)17-9-10)6-5-11-3-2-4-12(11)16/h7,9,11H,2-6,8H2,1H3. The van der Waals surface area contributed by atoms with E-state index < -0.39 is 0 Å². The number of carbonyl (C=O) groups is 1. The van der Waals surface area contributed by atoms with Gasteiger partial charge in [-0.05, 0) is 65.8 Å². The molecule has 1 aromatic rings. The molecule has 0 bridgehead atoms. The molecule has 0 radical (unpaired) electrons. The Balaban J connectivity index is 1.74. The molecule has 4 heteroatoms. The molecule has 0 amide bonds. The normalized spacial score (nSPS) is 20.4. The van der Waals surface area contributed by atoms with Crippen LogP contribution in [0.15, 0.2) is 15.2 Å². The molecule has 0 aromatic carbocycles. The Morgan fingerprint density at radius 2 is 2.41 bits per heavy atom. The molecule has 0 aliphatic heterocycles. The zero-order chi connectivity index (χ0) is 12.3. The van der Waals surface area contributed by atoms with E-state index in [9.17, 15) is 4.79 Å². The molecule has 94 valence electrons. The first-order chi connectivity index (χ1) is 8.15. The van der Waals surface area contributed by atoms with Crippen LogP contribution in [0.4, 0.5) is 0 Å². The molecule has 0 saturated heterocycles. The molecule has 1 heterocycles. The summed E-state index contributed by atoms with van der Waals surface area (Å²) >= 11 is 5.20. The van der Waals surface area contributed by atoms with Crippen LogP contribution in [0, 0.1) is 5.92 Å². The van der Waals surface area contributed by atoms with Gasteiger partial charge < -0.3 is 4.90 Å². The van der Waals surface area contributed by atoms with Gasteiger partial charge in [-0.15, -0.1) is 11.3 Å². The smallest absolute Gasteiger partial charge is 0.136 e. The lowest BCUT2D eigenvalue weighted by atomic mass is 10.0. The third kappa shape index (κ3) is 3.90. The molecule has 0 N–H and O–H groups in total. The van der Waals surface area contributed by atoms with Crippen molar-refractivity contribution in [1.29, 1.82) is 0 Å². The summed E-state index contributed by atoms with van der Waals surface area (Å²) in [5.74, 6) is 0.823. The first-order valence-corrected chi connectivity index (χ1v) is 7.76. The molecular formula is C13H18BrNOS. The lowest BCUT2D eigenvalue weighted by Gasteiger charge is -2.17. The minimum atomic E-state index is 0.340. The largest absolute Gasteiger partial charge is 0.302 e. The molecular weight excluding hydrogens is 298 g/mol. The number of hydrogen-bond donors (Lipinski definition) is 0. The molecule has 1 atom stereocenters. The van der Waals surface area contributed by atoms with E-state index in [1.165, 1.54) is 9.35 Å². The van der Waals surface area contributed by atoms with E-state index in [1.807, 2.05) is 0 Å². The van der Waals surface area contributed by atoms with Gasteiger partial charge in [0.05, 0.1) is 3.79 Å². The highest BCUT2D eigenvalue weighted by Crippen LogP contribution is 2.25. The second kappa shape index (κ2) is 6.12. The summed E-state index contributed by atoms with van der Waals surface area (Å²) in [7, 11) is 2.13. The lowest BCUT2D eigenvalue weighted by molar-refractivity contribution is -0.120. The molecule has 1 aliphatic rings. The van der Waals surface area contributed by atoms with Crippen LogP contribution in [0.5, 0.6) is 0 Å². The van der Waals surface area contributed by atoms with Gasteiger partial charge in [-0.1, -0.05) is 0 Å². The quantitative estimate of drug-likeness (QED) is 0.825.